The van der Waals surface area contributed by atoms with Crippen molar-refractivity contribution >= 4 is 34.5 Å². The van der Waals surface area contributed by atoms with Crippen LogP contribution in [0.5, 0.6) is 0 Å². The SMILES string of the molecule is CC1(C)S[C@H]2N(C(=O)[C@@]2(C)N)[C@H]1C(=O)SCc1ccccc1. The summed E-state index contributed by atoms with van der Waals surface area (Å²) in [5, 5.41) is -0.0472. The van der Waals surface area contributed by atoms with E-state index in [0.29, 0.717) is 5.75 Å². The van der Waals surface area contributed by atoms with Gasteiger partial charge in [0.15, 0.2) is 0 Å². The first-order chi connectivity index (χ1) is 10.2. The highest BCUT2D eigenvalue weighted by Gasteiger charge is 2.67. The highest BCUT2D eigenvalue weighted by atomic mass is 32.2. The zero-order valence-electron chi connectivity index (χ0n) is 12.9. The van der Waals surface area contributed by atoms with Gasteiger partial charge in [0.2, 0.25) is 11.0 Å². The number of nitrogens with two attached hydrogens (primary N) is 1. The summed E-state index contributed by atoms with van der Waals surface area (Å²) in [7, 11) is 0. The van der Waals surface area contributed by atoms with E-state index in [4.69, 9.17) is 5.73 Å². The fourth-order valence-electron chi connectivity index (χ4n) is 3.04. The van der Waals surface area contributed by atoms with Gasteiger partial charge in [-0.05, 0) is 26.3 Å². The number of hydrogen-bond acceptors (Lipinski definition) is 5. The first-order valence-electron chi connectivity index (χ1n) is 7.25. The van der Waals surface area contributed by atoms with Crippen molar-refractivity contribution in [2.45, 2.75) is 48.2 Å². The van der Waals surface area contributed by atoms with E-state index >= 15 is 0 Å². The Kier molecular flexibility index (Phi) is 3.82. The van der Waals surface area contributed by atoms with E-state index in [2.05, 4.69) is 0 Å². The monoisotopic (exact) mass is 336 g/mol. The van der Waals surface area contributed by atoms with Crippen LogP contribution in [-0.4, -0.2) is 37.6 Å². The van der Waals surface area contributed by atoms with Crippen LogP contribution in [-0.2, 0) is 15.3 Å². The molecule has 0 radical (unpaired) electrons. The summed E-state index contributed by atoms with van der Waals surface area (Å²) in [5.74, 6) is 0.512. The van der Waals surface area contributed by atoms with Crippen molar-refractivity contribution in [1.29, 1.82) is 0 Å². The van der Waals surface area contributed by atoms with Crippen molar-refractivity contribution in [3.05, 3.63) is 35.9 Å². The molecule has 0 saturated carbocycles. The Morgan fingerprint density at radius 1 is 1.32 bits per heavy atom. The number of fused-ring (bicyclic) bond motifs is 1. The van der Waals surface area contributed by atoms with Gasteiger partial charge in [0, 0.05) is 10.5 Å². The second-order valence-electron chi connectivity index (χ2n) is 6.56. The normalized spacial score (nSPS) is 32.5. The minimum atomic E-state index is -0.846. The molecule has 6 heteroatoms. The number of benzene rings is 1. The topological polar surface area (TPSA) is 63.4 Å². The molecule has 4 nitrogen and oxygen atoms in total. The lowest BCUT2D eigenvalue weighted by Gasteiger charge is -2.49. The van der Waals surface area contributed by atoms with Crippen LogP contribution >= 0.6 is 23.5 Å². The summed E-state index contributed by atoms with van der Waals surface area (Å²) >= 11 is 2.92. The highest BCUT2D eigenvalue weighted by molar-refractivity contribution is 8.13. The Morgan fingerprint density at radius 3 is 2.59 bits per heavy atom. The largest absolute Gasteiger partial charge is 0.315 e. The second kappa shape index (κ2) is 5.28. The van der Waals surface area contributed by atoms with Crippen LogP contribution in [0.4, 0.5) is 0 Å². The first-order valence-corrected chi connectivity index (χ1v) is 9.12. The second-order valence-corrected chi connectivity index (χ2v) is 9.28. The molecule has 3 atom stereocenters. The van der Waals surface area contributed by atoms with Crippen LogP contribution < -0.4 is 5.73 Å². The Morgan fingerprint density at radius 2 is 1.95 bits per heavy atom. The average Bonchev–Trinajstić information content (AvgIpc) is 2.76. The third-order valence-corrected chi connectivity index (χ3v) is 7.02. The molecular formula is C16H20N2O2S2. The van der Waals surface area contributed by atoms with Crippen molar-refractivity contribution in [2.24, 2.45) is 5.73 Å². The Bertz CT molecular complexity index is 616. The lowest BCUT2D eigenvalue weighted by Crippen LogP contribution is -2.76. The molecule has 1 aromatic carbocycles. The molecule has 0 bridgehead atoms. The fourth-order valence-corrected chi connectivity index (χ4v) is 5.78. The molecular weight excluding hydrogens is 316 g/mol. The molecule has 2 aliphatic heterocycles. The molecule has 2 heterocycles. The number of carbonyl (C=O) groups excluding carboxylic acids is 2. The number of nitrogens with zero attached hydrogens (tertiary/aromatic N) is 1. The summed E-state index contributed by atoms with van der Waals surface area (Å²) < 4.78 is -0.307. The minimum Gasteiger partial charge on any atom is -0.315 e. The Labute approximate surface area is 139 Å². The molecule has 0 unspecified atom stereocenters. The molecule has 1 amide bonds. The van der Waals surface area contributed by atoms with Crippen LogP contribution in [0.15, 0.2) is 30.3 Å². The van der Waals surface area contributed by atoms with Crippen LogP contribution in [0.3, 0.4) is 0 Å². The molecule has 2 fully saturated rings. The van der Waals surface area contributed by atoms with Gasteiger partial charge in [0.25, 0.3) is 0 Å². The zero-order valence-corrected chi connectivity index (χ0v) is 14.5. The summed E-state index contributed by atoms with van der Waals surface area (Å²) in [6.45, 7) is 5.79. The molecule has 0 aromatic heterocycles. The van der Waals surface area contributed by atoms with Gasteiger partial charge in [-0.1, -0.05) is 42.1 Å². The van der Waals surface area contributed by atoms with Gasteiger partial charge in [-0.2, -0.15) is 0 Å². The van der Waals surface area contributed by atoms with E-state index in [0.717, 1.165) is 5.56 Å². The van der Waals surface area contributed by atoms with Crippen LogP contribution in [0.1, 0.15) is 26.3 Å². The molecule has 3 rings (SSSR count). The highest BCUT2D eigenvalue weighted by Crippen LogP contribution is 2.54. The number of carbonyl (C=O) groups is 2. The molecule has 2 saturated heterocycles. The van der Waals surface area contributed by atoms with Crippen molar-refractivity contribution in [1.82, 2.24) is 4.90 Å². The maximum atomic E-state index is 12.7. The predicted octanol–water partition coefficient (Wildman–Crippen LogP) is 2.23. The van der Waals surface area contributed by atoms with Crippen LogP contribution in [0.2, 0.25) is 0 Å². The lowest BCUT2D eigenvalue weighted by molar-refractivity contribution is -0.156. The van der Waals surface area contributed by atoms with E-state index in [1.54, 1.807) is 23.6 Å². The third-order valence-electron chi connectivity index (χ3n) is 4.26. The van der Waals surface area contributed by atoms with E-state index in [1.165, 1.54) is 11.8 Å². The van der Waals surface area contributed by atoms with Gasteiger partial charge in [-0.25, -0.2) is 0 Å². The number of hydrogen-bond donors (Lipinski definition) is 1. The molecule has 1 aromatic rings. The van der Waals surface area contributed by atoms with Gasteiger partial charge in [0.1, 0.15) is 17.0 Å². The molecule has 118 valence electrons. The Hall–Kier alpha value is -0.980. The van der Waals surface area contributed by atoms with E-state index in [1.807, 2.05) is 44.2 Å². The molecule has 0 aliphatic carbocycles. The van der Waals surface area contributed by atoms with Crippen LogP contribution in [0.25, 0.3) is 0 Å². The van der Waals surface area contributed by atoms with Crippen molar-refractivity contribution in [2.75, 3.05) is 0 Å². The maximum absolute atomic E-state index is 12.7. The minimum absolute atomic E-state index is 0.0488. The standard InChI is InChI=1S/C16H20N2O2S2/c1-15(2)11(18-13(20)16(3,17)14(18)22-15)12(19)21-9-10-7-5-4-6-8-10/h4-8,11,14H,9,17H2,1-3H3/t11-,14+,16+/m0/s1. The van der Waals surface area contributed by atoms with E-state index in [-0.39, 0.29) is 21.1 Å². The van der Waals surface area contributed by atoms with Gasteiger partial charge in [-0.3, -0.25) is 9.59 Å². The third kappa shape index (κ3) is 2.37. The van der Waals surface area contributed by atoms with Crippen molar-refractivity contribution in [3.63, 3.8) is 0 Å². The molecule has 2 N–H and O–H groups in total. The number of rotatable bonds is 3. The summed E-state index contributed by atoms with van der Waals surface area (Å²) in [5.41, 5.74) is 6.33. The van der Waals surface area contributed by atoms with Crippen molar-refractivity contribution in [3.8, 4) is 0 Å². The van der Waals surface area contributed by atoms with Crippen molar-refractivity contribution < 1.29 is 9.59 Å². The molecule has 22 heavy (non-hydrogen) atoms. The van der Waals surface area contributed by atoms with Gasteiger partial charge in [-0.15, -0.1) is 11.8 Å². The summed E-state index contributed by atoms with van der Waals surface area (Å²) in [4.78, 5) is 26.6. The average molecular weight is 336 g/mol. The summed E-state index contributed by atoms with van der Waals surface area (Å²) in [6, 6.07) is 9.49. The number of thioether (sulfide) groups is 2. The molecule has 0 spiro atoms. The smallest absolute Gasteiger partial charge is 0.247 e. The lowest BCUT2D eigenvalue weighted by atomic mass is 9.88. The summed E-state index contributed by atoms with van der Waals surface area (Å²) in [6.07, 6.45) is 0. The fraction of sp³-hybridized carbons (Fsp3) is 0.500. The van der Waals surface area contributed by atoms with E-state index < -0.39 is 11.6 Å². The number of amides is 1. The van der Waals surface area contributed by atoms with Gasteiger partial charge in [0.05, 0.1) is 0 Å². The Balaban J connectivity index is 1.73. The zero-order chi connectivity index (χ0) is 16.1. The number of β-lactam (4-membered cyclic amide) rings is 1. The van der Waals surface area contributed by atoms with Crippen LogP contribution in [0, 0.1) is 0 Å². The van der Waals surface area contributed by atoms with Gasteiger partial charge < -0.3 is 10.6 Å². The quantitative estimate of drug-likeness (QED) is 0.858. The van der Waals surface area contributed by atoms with E-state index in [9.17, 15) is 9.59 Å². The van der Waals surface area contributed by atoms with Gasteiger partial charge >= 0.3 is 0 Å². The first kappa shape index (κ1) is 15.9. The predicted molar refractivity (Wildman–Crippen MR) is 91.4 cm³/mol. The maximum Gasteiger partial charge on any atom is 0.247 e. The molecule has 2 aliphatic rings.